The number of nitrogens with zero attached hydrogens (tertiary/aromatic N) is 1. The fourth-order valence-corrected chi connectivity index (χ4v) is 1.59. The molecule has 0 saturated carbocycles. The Hall–Kier alpha value is -1.35. The second-order valence-corrected chi connectivity index (χ2v) is 3.48. The lowest BCUT2D eigenvalue weighted by Gasteiger charge is -2.18. The lowest BCUT2D eigenvalue weighted by atomic mass is 10.1. The summed E-state index contributed by atoms with van der Waals surface area (Å²) in [6, 6.07) is 5.16. The van der Waals surface area contributed by atoms with Crippen LogP contribution >= 0.6 is 11.6 Å². The third-order valence-corrected chi connectivity index (χ3v) is 2.42. The van der Waals surface area contributed by atoms with E-state index < -0.39 is 5.37 Å². The highest BCUT2D eigenvalue weighted by Gasteiger charge is 2.11. The molecule has 4 heteroatoms. The van der Waals surface area contributed by atoms with Crippen LogP contribution < -0.4 is 4.90 Å². The minimum Gasteiger partial charge on any atom is -0.299 e. The minimum atomic E-state index is -0.518. The van der Waals surface area contributed by atoms with Crippen LogP contribution in [0.3, 0.4) is 0 Å². The zero-order chi connectivity index (χ0) is 11.4. The first-order valence-corrected chi connectivity index (χ1v) is 5.00. The fourth-order valence-electron chi connectivity index (χ4n) is 1.37. The Morgan fingerprint density at radius 2 is 2.20 bits per heavy atom. The van der Waals surface area contributed by atoms with Crippen LogP contribution in [0.25, 0.3) is 0 Å². The highest BCUT2D eigenvalue weighted by molar-refractivity contribution is 6.66. The molecule has 0 unspecified atom stereocenters. The van der Waals surface area contributed by atoms with Crippen LogP contribution in [0.5, 0.6) is 0 Å². The van der Waals surface area contributed by atoms with E-state index in [1.54, 1.807) is 18.2 Å². The lowest BCUT2D eigenvalue weighted by Crippen LogP contribution is -2.25. The molecule has 0 radical (unpaired) electrons. The van der Waals surface area contributed by atoms with E-state index >= 15 is 0 Å². The van der Waals surface area contributed by atoms with Gasteiger partial charge in [-0.2, -0.15) is 0 Å². The maximum atomic E-state index is 11.1. The number of aldehydes is 1. The van der Waals surface area contributed by atoms with Gasteiger partial charge in [-0.3, -0.25) is 14.5 Å². The molecule has 0 aromatic heterocycles. The van der Waals surface area contributed by atoms with Gasteiger partial charge in [0.25, 0.3) is 0 Å². The number of aryl methyl sites for hydroxylation is 1. The Kier molecular flexibility index (Phi) is 3.86. The first-order chi connectivity index (χ1) is 7.10. The smallest absolute Gasteiger partial charge is 0.299 e. The van der Waals surface area contributed by atoms with Crippen molar-refractivity contribution < 1.29 is 9.59 Å². The van der Waals surface area contributed by atoms with E-state index in [1.807, 2.05) is 13.8 Å². The van der Waals surface area contributed by atoms with Gasteiger partial charge < -0.3 is 0 Å². The third-order valence-electron chi connectivity index (χ3n) is 2.22. The van der Waals surface area contributed by atoms with Crippen LogP contribution in [-0.4, -0.2) is 18.2 Å². The number of hydrogen-bond acceptors (Lipinski definition) is 2. The van der Waals surface area contributed by atoms with E-state index in [2.05, 4.69) is 0 Å². The van der Waals surface area contributed by atoms with Gasteiger partial charge in [0.15, 0.2) is 0 Å². The van der Waals surface area contributed by atoms with Crippen molar-refractivity contribution in [2.24, 2.45) is 0 Å². The predicted molar refractivity (Wildman–Crippen MR) is 60.8 cm³/mol. The monoisotopic (exact) mass is 225 g/mol. The summed E-state index contributed by atoms with van der Waals surface area (Å²) in [7, 11) is 0. The van der Waals surface area contributed by atoms with Crippen molar-refractivity contribution in [2.75, 3.05) is 11.4 Å². The Morgan fingerprint density at radius 3 is 2.60 bits per heavy atom. The Balaban J connectivity index is 3.10. The molecule has 1 amide bonds. The maximum Gasteiger partial charge on any atom is 0.320 e. The van der Waals surface area contributed by atoms with Gasteiger partial charge in [0.05, 0.1) is 0 Å². The molecular formula is C11H12ClNO2. The van der Waals surface area contributed by atoms with Gasteiger partial charge >= 0.3 is 5.37 Å². The van der Waals surface area contributed by atoms with E-state index in [0.29, 0.717) is 17.8 Å². The van der Waals surface area contributed by atoms with Gasteiger partial charge in [-0.05, 0) is 49.2 Å². The molecule has 0 heterocycles. The number of halogens is 1. The third kappa shape index (κ3) is 2.57. The molecule has 0 N–H and O–H groups in total. The molecule has 0 saturated heterocycles. The largest absolute Gasteiger partial charge is 0.320 e. The Bertz CT molecular complexity index is 390. The quantitative estimate of drug-likeness (QED) is 0.451. The van der Waals surface area contributed by atoms with Gasteiger partial charge in [-0.15, -0.1) is 0 Å². The normalized spacial score (nSPS) is 9.80. The molecule has 0 fully saturated rings. The summed E-state index contributed by atoms with van der Waals surface area (Å²) < 4.78 is 0. The molecule has 0 spiro atoms. The summed E-state index contributed by atoms with van der Waals surface area (Å²) in [6.07, 6.45) is 0.790. The summed E-state index contributed by atoms with van der Waals surface area (Å²) in [5.41, 5.74) is 2.16. The predicted octanol–water partition coefficient (Wildman–Crippen LogP) is 2.99. The summed E-state index contributed by atoms with van der Waals surface area (Å²) in [6.45, 7) is 4.16. The van der Waals surface area contributed by atoms with Gasteiger partial charge in [0.1, 0.15) is 6.29 Å². The molecular weight excluding hydrogens is 214 g/mol. The second-order valence-electron chi connectivity index (χ2n) is 3.16. The van der Waals surface area contributed by atoms with Crippen molar-refractivity contribution in [3.05, 3.63) is 29.3 Å². The van der Waals surface area contributed by atoms with Gasteiger partial charge in [-0.25, -0.2) is 0 Å². The maximum absolute atomic E-state index is 11.1. The average molecular weight is 226 g/mol. The molecule has 0 aliphatic carbocycles. The number of anilines is 1. The van der Waals surface area contributed by atoms with E-state index in [-0.39, 0.29) is 0 Å². The van der Waals surface area contributed by atoms with Crippen LogP contribution in [0.2, 0.25) is 0 Å². The molecule has 3 nitrogen and oxygen atoms in total. The van der Waals surface area contributed by atoms with Gasteiger partial charge in [0, 0.05) is 17.8 Å². The van der Waals surface area contributed by atoms with Gasteiger partial charge in [-0.1, -0.05) is 0 Å². The highest BCUT2D eigenvalue weighted by Crippen LogP contribution is 2.19. The van der Waals surface area contributed by atoms with E-state index in [9.17, 15) is 9.59 Å². The second kappa shape index (κ2) is 4.94. The van der Waals surface area contributed by atoms with E-state index in [0.717, 1.165) is 11.8 Å². The van der Waals surface area contributed by atoms with Crippen LogP contribution in [0.4, 0.5) is 10.5 Å². The molecule has 0 aliphatic rings. The standard InChI is InChI=1S/C11H12ClNO2/c1-3-13(11(12)15)10-5-4-9(7-14)8(2)6-10/h4-7H,3H2,1-2H3. The van der Waals surface area contributed by atoms with Crippen LogP contribution in [0.1, 0.15) is 22.8 Å². The Morgan fingerprint density at radius 1 is 1.53 bits per heavy atom. The zero-order valence-electron chi connectivity index (χ0n) is 8.66. The van der Waals surface area contributed by atoms with Crippen molar-refractivity contribution in [3.63, 3.8) is 0 Å². The minimum absolute atomic E-state index is 0.502. The van der Waals surface area contributed by atoms with Crippen molar-refractivity contribution >= 4 is 28.9 Å². The number of benzene rings is 1. The first kappa shape index (κ1) is 11.7. The number of hydrogen-bond donors (Lipinski definition) is 0. The van der Waals surface area contributed by atoms with Crippen molar-refractivity contribution in [2.45, 2.75) is 13.8 Å². The lowest BCUT2D eigenvalue weighted by molar-refractivity contribution is 0.112. The summed E-state index contributed by atoms with van der Waals surface area (Å²) in [4.78, 5) is 23.1. The number of carbonyl (C=O) groups excluding carboxylic acids is 2. The number of amides is 1. The number of carbonyl (C=O) groups is 2. The molecule has 1 aromatic carbocycles. The zero-order valence-corrected chi connectivity index (χ0v) is 9.41. The summed E-state index contributed by atoms with van der Waals surface area (Å²) in [5.74, 6) is 0. The van der Waals surface area contributed by atoms with Crippen LogP contribution in [0, 0.1) is 6.92 Å². The molecule has 1 rings (SSSR count). The van der Waals surface area contributed by atoms with Gasteiger partial charge in [0.2, 0.25) is 0 Å². The van der Waals surface area contributed by atoms with E-state index in [4.69, 9.17) is 11.6 Å². The van der Waals surface area contributed by atoms with Crippen molar-refractivity contribution in [1.29, 1.82) is 0 Å². The summed E-state index contributed by atoms with van der Waals surface area (Å²) >= 11 is 5.42. The van der Waals surface area contributed by atoms with Crippen LogP contribution in [-0.2, 0) is 0 Å². The molecule has 1 aromatic rings. The first-order valence-electron chi connectivity index (χ1n) is 4.63. The number of rotatable bonds is 3. The molecule has 0 atom stereocenters. The topological polar surface area (TPSA) is 37.4 Å². The summed E-state index contributed by atoms with van der Waals surface area (Å²) in [5, 5.41) is -0.518. The highest BCUT2D eigenvalue weighted by atomic mass is 35.5. The van der Waals surface area contributed by atoms with E-state index in [1.165, 1.54) is 4.90 Å². The van der Waals surface area contributed by atoms with Crippen molar-refractivity contribution in [3.8, 4) is 0 Å². The Labute approximate surface area is 93.6 Å². The molecule has 15 heavy (non-hydrogen) atoms. The van der Waals surface area contributed by atoms with Crippen molar-refractivity contribution in [1.82, 2.24) is 0 Å². The molecule has 0 bridgehead atoms. The van der Waals surface area contributed by atoms with Crippen LogP contribution in [0.15, 0.2) is 18.2 Å². The molecule has 80 valence electrons. The fraction of sp³-hybridized carbons (Fsp3) is 0.273. The average Bonchev–Trinajstić information content (AvgIpc) is 2.18. The molecule has 0 aliphatic heterocycles. The SMILES string of the molecule is CCN(C(=O)Cl)c1ccc(C=O)c(C)c1.